The molecule has 0 bridgehead atoms. The van der Waals surface area contributed by atoms with Gasteiger partial charge in [0.15, 0.2) is 0 Å². The third kappa shape index (κ3) is 4.21. The minimum Gasteiger partial charge on any atom is -0.405 e. The predicted octanol–water partition coefficient (Wildman–Crippen LogP) is 3.72. The van der Waals surface area contributed by atoms with Crippen LogP contribution in [-0.4, -0.2) is 11.3 Å². The molecule has 0 fully saturated rings. The number of hydrogen-bond acceptors (Lipinski definition) is 3. The molecule has 1 aromatic heterocycles. The lowest BCUT2D eigenvalue weighted by molar-refractivity contribution is -0.275. The van der Waals surface area contributed by atoms with Gasteiger partial charge < -0.3 is 4.74 Å². The predicted molar refractivity (Wildman–Crippen MR) is 54.8 cm³/mol. The fourth-order valence-corrected chi connectivity index (χ4v) is 1.55. The van der Waals surface area contributed by atoms with E-state index in [0.717, 1.165) is 0 Å². The number of rotatable bonds is 4. The van der Waals surface area contributed by atoms with E-state index in [1.54, 1.807) is 6.07 Å². The molecule has 0 aromatic carbocycles. The first-order chi connectivity index (χ1) is 8.78. The van der Waals surface area contributed by atoms with E-state index in [4.69, 9.17) is 16.9 Å². The summed E-state index contributed by atoms with van der Waals surface area (Å²) in [6.45, 7) is 0. The molecule has 0 aliphatic carbocycles. The van der Waals surface area contributed by atoms with Crippen LogP contribution >= 0.6 is 11.6 Å². The number of nitriles is 1. The van der Waals surface area contributed by atoms with Crippen LogP contribution < -0.4 is 4.74 Å². The number of halogens is 6. The summed E-state index contributed by atoms with van der Waals surface area (Å²) >= 11 is 5.43. The Morgan fingerprint density at radius 1 is 1.42 bits per heavy atom. The molecule has 1 aromatic rings. The maximum Gasteiger partial charge on any atom is 0.573 e. The van der Waals surface area contributed by atoms with Gasteiger partial charge in [0.1, 0.15) is 11.4 Å². The molecule has 104 valence electrons. The Morgan fingerprint density at radius 2 is 2.05 bits per heavy atom. The molecule has 19 heavy (non-hydrogen) atoms. The van der Waals surface area contributed by atoms with Gasteiger partial charge in [0.05, 0.1) is 24.1 Å². The normalized spacial score (nSPS) is 11.5. The number of nitrogens with zero attached hydrogens (tertiary/aromatic N) is 2. The lowest BCUT2D eigenvalue weighted by Crippen LogP contribution is -2.19. The van der Waals surface area contributed by atoms with Crippen LogP contribution in [0.4, 0.5) is 22.0 Å². The van der Waals surface area contributed by atoms with Gasteiger partial charge in [-0.25, -0.2) is 13.8 Å². The van der Waals surface area contributed by atoms with Gasteiger partial charge in [-0.2, -0.15) is 5.26 Å². The second-order valence-corrected chi connectivity index (χ2v) is 3.55. The van der Waals surface area contributed by atoms with E-state index >= 15 is 0 Å². The van der Waals surface area contributed by atoms with Crippen LogP contribution in [0.3, 0.4) is 0 Å². The van der Waals surface area contributed by atoms with Crippen LogP contribution in [0.25, 0.3) is 0 Å². The minimum atomic E-state index is -5.06. The summed E-state index contributed by atoms with van der Waals surface area (Å²) in [5.74, 6) is -1.29. The zero-order chi connectivity index (χ0) is 14.6. The summed E-state index contributed by atoms with van der Waals surface area (Å²) in [6, 6.07) is 2.06. The topological polar surface area (TPSA) is 45.9 Å². The molecular formula is C10H6ClF5N2O. The summed E-state index contributed by atoms with van der Waals surface area (Å²) in [7, 11) is 0. The monoisotopic (exact) mass is 300 g/mol. The van der Waals surface area contributed by atoms with Gasteiger partial charge in [-0.05, 0) is 0 Å². The van der Waals surface area contributed by atoms with Crippen LogP contribution in [0, 0.1) is 11.3 Å². The van der Waals surface area contributed by atoms with E-state index in [0.29, 0.717) is 6.07 Å². The van der Waals surface area contributed by atoms with Crippen molar-refractivity contribution < 1.29 is 26.7 Å². The average molecular weight is 301 g/mol. The summed E-state index contributed by atoms with van der Waals surface area (Å²) in [5.41, 5.74) is -1.38. The third-order valence-electron chi connectivity index (χ3n) is 2.02. The number of alkyl halides is 6. The Balaban J connectivity index is 3.37. The maximum absolute atomic E-state index is 12.5. The first-order valence-electron chi connectivity index (χ1n) is 4.78. The van der Waals surface area contributed by atoms with Gasteiger partial charge in [-0.3, -0.25) is 0 Å². The molecule has 1 rings (SSSR count). The Morgan fingerprint density at radius 3 is 2.47 bits per heavy atom. The van der Waals surface area contributed by atoms with Crippen LogP contribution in [0.2, 0.25) is 0 Å². The summed E-state index contributed by atoms with van der Waals surface area (Å²) in [6.07, 6.45) is -8.62. The van der Waals surface area contributed by atoms with E-state index in [2.05, 4.69) is 9.72 Å². The molecule has 0 unspecified atom stereocenters. The van der Waals surface area contributed by atoms with Crippen LogP contribution in [0.15, 0.2) is 6.07 Å². The summed E-state index contributed by atoms with van der Waals surface area (Å²) < 4.78 is 65.2. The van der Waals surface area contributed by atoms with Crippen molar-refractivity contribution in [2.75, 3.05) is 0 Å². The molecule has 0 saturated carbocycles. The quantitative estimate of drug-likeness (QED) is 0.629. The van der Waals surface area contributed by atoms with Gasteiger partial charge in [0, 0.05) is 11.6 Å². The number of ether oxygens (including phenoxy) is 1. The number of pyridine rings is 1. The largest absolute Gasteiger partial charge is 0.573 e. The Hall–Kier alpha value is -1.62. The molecule has 0 radical (unpaired) electrons. The van der Waals surface area contributed by atoms with Crippen LogP contribution in [0.1, 0.15) is 23.4 Å². The third-order valence-corrected chi connectivity index (χ3v) is 2.27. The first kappa shape index (κ1) is 15.4. The summed E-state index contributed by atoms with van der Waals surface area (Å²) in [4.78, 5) is 3.42. The fraction of sp³-hybridized carbons (Fsp3) is 0.400. The summed E-state index contributed by atoms with van der Waals surface area (Å²) in [5, 5.41) is 8.54. The first-order valence-corrected chi connectivity index (χ1v) is 5.31. The van der Waals surface area contributed by atoms with Gasteiger partial charge in [-0.15, -0.1) is 24.8 Å². The van der Waals surface area contributed by atoms with E-state index in [-0.39, 0.29) is 11.3 Å². The maximum atomic E-state index is 12.5. The number of hydrogen-bond donors (Lipinski definition) is 0. The molecule has 0 atom stereocenters. The molecule has 0 N–H and O–H groups in total. The second kappa shape index (κ2) is 6.02. The number of aromatic nitrogens is 1. The average Bonchev–Trinajstić information content (AvgIpc) is 2.29. The van der Waals surface area contributed by atoms with Crippen molar-refractivity contribution >= 4 is 11.6 Å². The standard InChI is InChI=1S/C10H6ClF5N2O/c11-4-7-5(1-2-17)8(19-10(14,15)16)3-6(18-7)9(12)13/h3,9H,1,4H2. The molecule has 0 spiro atoms. The van der Waals surface area contributed by atoms with Crippen LogP contribution in [0.5, 0.6) is 5.75 Å². The molecular weight excluding hydrogens is 295 g/mol. The van der Waals surface area contributed by atoms with Crippen molar-refractivity contribution in [1.29, 1.82) is 5.26 Å². The molecule has 0 saturated heterocycles. The molecule has 0 aliphatic heterocycles. The van der Waals surface area contributed by atoms with Crippen LogP contribution in [-0.2, 0) is 12.3 Å². The highest BCUT2D eigenvalue weighted by molar-refractivity contribution is 6.17. The van der Waals surface area contributed by atoms with Crippen molar-refractivity contribution in [3.05, 3.63) is 23.0 Å². The van der Waals surface area contributed by atoms with Crippen molar-refractivity contribution in [2.24, 2.45) is 0 Å². The Labute approximate surface area is 109 Å². The molecule has 9 heteroatoms. The van der Waals surface area contributed by atoms with Gasteiger partial charge in [-0.1, -0.05) is 0 Å². The fourth-order valence-electron chi connectivity index (χ4n) is 1.33. The zero-order valence-electron chi connectivity index (χ0n) is 9.14. The molecule has 1 heterocycles. The highest BCUT2D eigenvalue weighted by Crippen LogP contribution is 2.32. The molecule has 0 aliphatic rings. The zero-order valence-corrected chi connectivity index (χ0v) is 9.90. The van der Waals surface area contributed by atoms with Crippen molar-refractivity contribution in [3.8, 4) is 11.8 Å². The van der Waals surface area contributed by atoms with E-state index in [1.807, 2.05) is 0 Å². The molecule has 3 nitrogen and oxygen atoms in total. The van der Waals surface area contributed by atoms with Crippen molar-refractivity contribution in [3.63, 3.8) is 0 Å². The van der Waals surface area contributed by atoms with Gasteiger partial charge in [0.2, 0.25) is 0 Å². The van der Waals surface area contributed by atoms with Gasteiger partial charge >= 0.3 is 6.36 Å². The van der Waals surface area contributed by atoms with Gasteiger partial charge in [0.25, 0.3) is 6.43 Å². The second-order valence-electron chi connectivity index (χ2n) is 3.29. The lowest BCUT2D eigenvalue weighted by Gasteiger charge is -2.15. The molecule has 0 amide bonds. The highest BCUT2D eigenvalue weighted by Gasteiger charge is 2.33. The Bertz CT molecular complexity index is 498. The smallest absolute Gasteiger partial charge is 0.405 e. The lowest BCUT2D eigenvalue weighted by atomic mass is 10.1. The SMILES string of the molecule is N#CCc1c(OC(F)(F)F)cc(C(F)F)nc1CCl. The Kier molecular flexibility index (Phi) is 4.89. The highest BCUT2D eigenvalue weighted by atomic mass is 35.5. The van der Waals surface area contributed by atoms with E-state index in [1.165, 1.54) is 0 Å². The van der Waals surface area contributed by atoms with E-state index < -0.39 is 36.5 Å². The van der Waals surface area contributed by atoms with Crippen molar-refractivity contribution in [1.82, 2.24) is 4.98 Å². The van der Waals surface area contributed by atoms with Crippen molar-refractivity contribution in [2.45, 2.75) is 25.1 Å². The minimum absolute atomic E-state index is 0.236. The van der Waals surface area contributed by atoms with E-state index in [9.17, 15) is 22.0 Å².